The maximum absolute atomic E-state index is 5.16. The molecule has 0 aromatic heterocycles. The van der Waals surface area contributed by atoms with E-state index in [0.29, 0.717) is 0 Å². The van der Waals surface area contributed by atoms with Crippen molar-refractivity contribution in [2.45, 2.75) is 13.3 Å². The van der Waals surface area contributed by atoms with Crippen molar-refractivity contribution in [1.29, 1.82) is 0 Å². The number of ether oxygens (including phenoxy) is 1. The van der Waals surface area contributed by atoms with Crippen LogP contribution in [0, 0.1) is 0 Å². The van der Waals surface area contributed by atoms with Crippen molar-refractivity contribution >= 4 is 11.4 Å². The quantitative estimate of drug-likeness (QED) is 0.732. The van der Waals surface area contributed by atoms with Crippen molar-refractivity contribution in [1.82, 2.24) is 0 Å². The zero-order chi connectivity index (χ0) is 12.8. The fourth-order valence-corrected chi connectivity index (χ4v) is 1.79. The van der Waals surface area contributed by atoms with E-state index in [0.717, 1.165) is 29.1 Å². The van der Waals surface area contributed by atoms with Crippen LogP contribution in [0.25, 0.3) is 0 Å². The van der Waals surface area contributed by atoms with E-state index in [4.69, 9.17) is 4.74 Å². The molecular weight excluding hydrogens is 222 g/mol. The molecule has 0 fully saturated rings. The number of rotatable bonds is 4. The van der Waals surface area contributed by atoms with Crippen molar-refractivity contribution in [3.05, 3.63) is 60.2 Å². The Hall–Kier alpha value is -2.09. The maximum atomic E-state index is 5.16. The molecule has 0 aliphatic heterocycles. The summed E-state index contributed by atoms with van der Waals surface area (Å²) in [5, 5.41) is 0. The smallest absolute Gasteiger partial charge is 0.118 e. The molecule has 0 radical (unpaired) electrons. The molecule has 0 heterocycles. The number of methoxy groups -OCH3 is 1. The predicted octanol–water partition coefficient (Wildman–Crippen LogP) is 4.23. The zero-order valence-electron chi connectivity index (χ0n) is 10.8. The first-order valence-corrected chi connectivity index (χ1v) is 6.10. The molecule has 92 valence electrons. The van der Waals surface area contributed by atoms with Gasteiger partial charge in [-0.1, -0.05) is 25.1 Å². The molecule has 0 N–H and O–H groups in total. The highest BCUT2D eigenvalue weighted by atomic mass is 16.5. The second-order valence-electron chi connectivity index (χ2n) is 3.98. The number of benzene rings is 2. The Labute approximate surface area is 108 Å². The third-order valence-electron chi connectivity index (χ3n) is 2.78. The van der Waals surface area contributed by atoms with Crippen LogP contribution in [0.2, 0.25) is 0 Å². The number of para-hydroxylation sites is 1. The predicted molar refractivity (Wildman–Crippen MR) is 75.9 cm³/mol. The highest BCUT2D eigenvalue weighted by molar-refractivity contribution is 6.01. The van der Waals surface area contributed by atoms with Gasteiger partial charge in [0.25, 0.3) is 0 Å². The molecule has 2 nitrogen and oxygen atoms in total. The van der Waals surface area contributed by atoms with Crippen molar-refractivity contribution in [3.8, 4) is 5.75 Å². The molecule has 2 aromatic rings. The number of hydrogen-bond donors (Lipinski definition) is 0. The molecule has 2 rings (SSSR count). The van der Waals surface area contributed by atoms with E-state index in [1.54, 1.807) is 7.11 Å². The van der Waals surface area contributed by atoms with Gasteiger partial charge < -0.3 is 4.74 Å². The summed E-state index contributed by atoms with van der Waals surface area (Å²) in [6, 6.07) is 18.0. The maximum Gasteiger partial charge on any atom is 0.118 e. The lowest BCUT2D eigenvalue weighted by atomic mass is 10.1. The van der Waals surface area contributed by atoms with E-state index in [1.165, 1.54) is 0 Å². The van der Waals surface area contributed by atoms with Crippen LogP contribution >= 0.6 is 0 Å². The molecule has 0 amide bonds. The highest BCUT2D eigenvalue weighted by Crippen LogP contribution is 2.17. The third-order valence-corrected chi connectivity index (χ3v) is 2.78. The number of aliphatic imine (C=N–C) groups is 1. The van der Waals surface area contributed by atoms with Crippen LogP contribution in [0.5, 0.6) is 5.75 Å². The monoisotopic (exact) mass is 239 g/mol. The van der Waals surface area contributed by atoms with Crippen molar-refractivity contribution in [3.63, 3.8) is 0 Å². The minimum atomic E-state index is 0.869. The Balaban J connectivity index is 2.30. The van der Waals surface area contributed by atoms with E-state index in [9.17, 15) is 0 Å². The first kappa shape index (κ1) is 12.4. The molecule has 2 heteroatoms. The van der Waals surface area contributed by atoms with Gasteiger partial charge in [-0.05, 0) is 48.4 Å². The summed E-state index contributed by atoms with van der Waals surface area (Å²) in [6.45, 7) is 2.12. The molecule has 2 aromatic carbocycles. The lowest BCUT2D eigenvalue weighted by Gasteiger charge is -2.06. The van der Waals surface area contributed by atoms with Crippen molar-refractivity contribution < 1.29 is 4.74 Å². The third kappa shape index (κ3) is 2.98. The molecule has 0 saturated carbocycles. The second-order valence-corrected chi connectivity index (χ2v) is 3.98. The van der Waals surface area contributed by atoms with Gasteiger partial charge in [0, 0.05) is 5.71 Å². The van der Waals surface area contributed by atoms with Crippen LogP contribution in [0.3, 0.4) is 0 Å². The lowest BCUT2D eigenvalue weighted by molar-refractivity contribution is 0.415. The molecule has 0 atom stereocenters. The summed E-state index contributed by atoms with van der Waals surface area (Å²) in [5.41, 5.74) is 3.22. The Morgan fingerprint density at radius 1 is 1.00 bits per heavy atom. The van der Waals surface area contributed by atoms with Gasteiger partial charge in [0.05, 0.1) is 12.8 Å². The summed E-state index contributed by atoms with van der Waals surface area (Å²) in [6.07, 6.45) is 0.904. The molecule has 0 saturated heterocycles. The first-order chi connectivity index (χ1) is 8.83. The fraction of sp³-hybridized carbons (Fsp3) is 0.188. The van der Waals surface area contributed by atoms with Crippen LogP contribution in [-0.4, -0.2) is 12.8 Å². The summed E-state index contributed by atoms with van der Waals surface area (Å²) in [4.78, 5) is 4.68. The van der Waals surface area contributed by atoms with Crippen molar-refractivity contribution in [2.24, 2.45) is 4.99 Å². The zero-order valence-corrected chi connectivity index (χ0v) is 10.8. The second kappa shape index (κ2) is 6.01. The minimum absolute atomic E-state index is 0.869. The van der Waals surface area contributed by atoms with Gasteiger partial charge in [0.2, 0.25) is 0 Å². The Kier molecular flexibility index (Phi) is 4.13. The lowest BCUT2D eigenvalue weighted by Crippen LogP contribution is -1.98. The molecule has 0 bridgehead atoms. The average molecular weight is 239 g/mol. The molecule has 18 heavy (non-hydrogen) atoms. The first-order valence-electron chi connectivity index (χ1n) is 6.10. The molecule has 0 aliphatic rings. The summed E-state index contributed by atoms with van der Waals surface area (Å²) in [5.74, 6) is 0.869. The highest BCUT2D eigenvalue weighted by Gasteiger charge is 2.01. The molecule has 0 unspecified atom stereocenters. The van der Waals surface area contributed by atoms with E-state index in [2.05, 4.69) is 11.9 Å². The number of hydrogen-bond acceptors (Lipinski definition) is 2. The molecule has 0 spiro atoms. The van der Waals surface area contributed by atoms with Gasteiger partial charge in [-0.25, -0.2) is 0 Å². The largest absolute Gasteiger partial charge is 0.497 e. The Morgan fingerprint density at radius 2 is 1.67 bits per heavy atom. The standard InChI is InChI=1S/C16H17NO/c1-3-16(17-14-7-5-4-6-8-14)13-9-11-15(18-2)12-10-13/h4-12H,3H2,1-2H3. The molecular formula is C16H17NO. The van der Waals surface area contributed by atoms with E-state index in [1.807, 2.05) is 54.6 Å². The van der Waals surface area contributed by atoms with Gasteiger partial charge in [-0.15, -0.1) is 0 Å². The normalized spacial score (nSPS) is 11.3. The number of nitrogens with zero attached hydrogens (tertiary/aromatic N) is 1. The molecule has 0 aliphatic carbocycles. The Bertz CT molecular complexity index is 515. The summed E-state index contributed by atoms with van der Waals surface area (Å²) < 4.78 is 5.16. The van der Waals surface area contributed by atoms with Gasteiger partial charge in [-0.2, -0.15) is 0 Å². The van der Waals surface area contributed by atoms with Gasteiger partial charge in [0.1, 0.15) is 5.75 Å². The topological polar surface area (TPSA) is 21.6 Å². The van der Waals surface area contributed by atoms with E-state index in [-0.39, 0.29) is 0 Å². The van der Waals surface area contributed by atoms with Crippen LogP contribution in [0.4, 0.5) is 5.69 Å². The SMILES string of the molecule is CCC(=Nc1ccccc1)c1ccc(OC)cc1. The van der Waals surface area contributed by atoms with Gasteiger partial charge in [0.15, 0.2) is 0 Å². The average Bonchev–Trinajstić information content (AvgIpc) is 2.46. The van der Waals surface area contributed by atoms with Crippen LogP contribution in [0.15, 0.2) is 59.6 Å². The van der Waals surface area contributed by atoms with Crippen LogP contribution in [-0.2, 0) is 0 Å². The van der Waals surface area contributed by atoms with Gasteiger partial charge >= 0.3 is 0 Å². The minimum Gasteiger partial charge on any atom is -0.497 e. The Morgan fingerprint density at radius 3 is 2.22 bits per heavy atom. The van der Waals surface area contributed by atoms with Crippen molar-refractivity contribution in [2.75, 3.05) is 7.11 Å². The van der Waals surface area contributed by atoms with Gasteiger partial charge in [-0.3, -0.25) is 4.99 Å². The van der Waals surface area contributed by atoms with Crippen LogP contribution in [0.1, 0.15) is 18.9 Å². The fourth-order valence-electron chi connectivity index (χ4n) is 1.79. The summed E-state index contributed by atoms with van der Waals surface area (Å²) >= 11 is 0. The van der Waals surface area contributed by atoms with Crippen LogP contribution < -0.4 is 4.74 Å². The van der Waals surface area contributed by atoms with E-state index >= 15 is 0 Å². The van der Waals surface area contributed by atoms with E-state index < -0.39 is 0 Å². The summed E-state index contributed by atoms with van der Waals surface area (Å²) in [7, 11) is 1.67.